The van der Waals surface area contributed by atoms with E-state index in [1.54, 1.807) is 0 Å². The molecule has 0 unspecified atom stereocenters. The average Bonchev–Trinajstić information content (AvgIpc) is 3.09. The highest BCUT2D eigenvalue weighted by Crippen LogP contribution is 2.40. The number of halogens is 6. The summed E-state index contributed by atoms with van der Waals surface area (Å²) in [4.78, 5) is 2.29. The summed E-state index contributed by atoms with van der Waals surface area (Å²) in [6.07, 6.45) is -3.69. The predicted molar refractivity (Wildman–Crippen MR) is 101 cm³/mol. The number of methoxy groups -OCH3 is 1. The zero-order valence-corrected chi connectivity index (χ0v) is 16.8. The standard InChI is InChI=1S/C19H15F6N3O3S/c1-26-7-10-9-28(32(29,30)12-3-4-15(27-8-12)19(23,24)25)17(18(10)31-2)16-13(21)5-11(20)6-14(16)22/h3-6,8-9,26H,7H2,1-2H3/i1D3. The van der Waals surface area contributed by atoms with Crippen LogP contribution in [0.3, 0.4) is 0 Å². The van der Waals surface area contributed by atoms with Gasteiger partial charge < -0.3 is 10.1 Å². The summed E-state index contributed by atoms with van der Waals surface area (Å²) in [7, 11) is -3.87. The van der Waals surface area contributed by atoms with Gasteiger partial charge in [-0.2, -0.15) is 13.2 Å². The topological polar surface area (TPSA) is 73.2 Å². The van der Waals surface area contributed by atoms with E-state index in [0.29, 0.717) is 22.3 Å². The fourth-order valence-corrected chi connectivity index (χ4v) is 4.30. The Morgan fingerprint density at radius 2 is 1.84 bits per heavy atom. The minimum absolute atomic E-state index is 0.190. The number of hydrogen-bond donors (Lipinski definition) is 1. The van der Waals surface area contributed by atoms with E-state index >= 15 is 0 Å². The van der Waals surface area contributed by atoms with Crippen LogP contribution >= 0.6 is 0 Å². The molecule has 3 rings (SSSR count). The van der Waals surface area contributed by atoms with Gasteiger partial charge in [0.05, 0.1) is 12.7 Å². The van der Waals surface area contributed by atoms with Crippen molar-refractivity contribution in [1.29, 1.82) is 0 Å². The molecule has 0 bridgehead atoms. The van der Waals surface area contributed by atoms with Crippen LogP contribution in [-0.2, 0) is 22.7 Å². The Hall–Kier alpha value is -3.06. The molecular weight excluding hydrogens is 464 g/mol. The van der Waals surface area contributed by atoms with Gasteiger partial charge in [-0.3, -0.25) is 4.98 Å². The molecule has 0 fully saturated rings. The minimum Gasteiger partial charge on any atom is -0.494 e. The quantitative estimate of drug-likeness (QED) is 0.539. The number of pyridine rings is 1. The van der Waals surface area contributed by atoms with Crippen LogP contribution in [0.2, 0.25) is 0 Å². The molecule has 0 saturated carbocycles. The molecule has 0 atom stereocenters. The number of aromatic nitrogens is 2. The second-order valence-corrected chi connectivity index (χ2v) is 8.13. The largest absolute Gasteiger partial charge is 0.494 e. The summed E-state index contributed by atoms with van der Waals surface area (Å²) < 4.78 is 135. The van der Waals surface area contributed by atoms with E-state index in [1.165, 1.54) is 0 Å². The summed E-state index contributed by atoms with van der Waals surface area (Å²) in [6, 6.07) is 1.53. The molecule has 0 aliphatic carbocycles. The van der Waals surface area contributed by atoms with Crippen molar-refractivity contribution in [3.63, 3.8) is 0 Å². The van der Waals surface area contributed by atoms with E-state index < -0.39 is 74.8 Å². The summed E-state index contributed by atoms with van der Waals surface area (Å²) in [5.74, 6) is -4.82. The van der Waals surface area contributed by atoms with Crippen LogP contribution < -0.4 is 10.1 Å². The van der Waals surface area contributed by atoms with Gasteiger partial charge in [0.2, 0.25) is 0 Å². The van der Waals surface area contributed by atoms with Gasteiger partial charge in [0.15, 0.2) is 0 Å². The zero-order chi connectivity index (χ0) is 26.3. The molecule has 32 heavy (non-hydrogen) atoms. The third kappa shape index (κ3) is 4.17. The first-order valence-corrected chi connectivity index (χ1v) is 9.97. The van der Waals surface area contributed by atoms with Crippen molar-refractivity contribution in [1.82, 2.24) is 14.3 Å². The lowest BCUT2D eigenvalue weighted by atomic mass is 10.1. The van der Waals surface area contributed by atoms with Crippen LogP contribution in [-0.4, -0.2) is 31.5 Å². The van der Waals surface area contributed by atoms with Gasteiger partial charge in [-0.25, -0.2) is 25.6 Å². The number of rotatable bonds is 6. The van der Waals surface area contributed by atoms with Crippen molar-refractivity contribution in [2.75, 3.05) is 14.1 Å². The van der Waals surface area contributed by atoms with Crippen LogP contribution in [0.1, 0.15) is 15.4 Å². The fourth-order valence-electron chi connectivity index (χ4n) is 2.96. The van der Waals surface area contributed by atoms with Crippen LogP contribution in [0.5, 0.6) is 5.75 Å². The highest BCUT2D eigenvalue weighted by atomic mass is 32.2. The van der Waals surface area contributed by atoms with E-state index in [0.717, 1.165) is 13.3 Å². The van der Waals surface area contributed by atoms with E-state index in [2.05, 4.69) is 10.3 Å². The second kappa shape index (κ2) is 8.47. The molecule has 0 saturated heterocycles. The Morgan fingerprint density at radius 1 is 1.19 bits per heavy atom. The van der Waals surface area contributed by atoms with Crippen molar-refractivity contribution in [2.45, 2.75) is 17.6 Å². The number of hydrogen-bond acceptors (Lipinski definition) is 5. The molecule has 3 aromatic rings. The number of ether oxygens (including phenoxy) is 1. The first-order valence-electron chi connectivity index (χ1n) is 10.0. The number of nitrogens with zero attached hydrogens (tertiary/aromatic N) is 2. The Labute approximate surface area is 182 Å². The third-order valence-corrected chi connectivity index (χ3v) is 5.95. The fraction of sp³-hybridized carbons (Fsp3) is 0.211. The molecule has 0 radical (unpaired) electrons. The van der Waals surface area contributed by atoms with Crippen LogP contribution in [0, 0.1) is 17.5 Å². The smallest absolute Gasteiger partial charge is 0.433 e. The molecular formula is C19H15F6N3O3S. The van der Waals surface area contributed by atoms with E-state index in [-0.39, 0.29) is 17.7 Å². The third-order valence-electron chi connectivity index (χ3n) is 4.31. The number of benzene rings is 1. The van der Waals surface area contributed by atoms with Crippen LogP contribution in [0.25, 0.3) is 11.3 Å². The van der Waals surface area contributed by atoms with Gasteiger partial charge in [0, 0.05) is 40.7 Å². The van der Waals surface area contributed by atoms with Crippen molar-refractivity contribution >= 4 is 10.0 Å². The van der Waals surface area contributed by atoms with Gasteiger partial charge in [-0.1, -0.05) is 0 Å². The molecule has 2 heterocycles. The second-order valence-electron chi connectivity index (χ2n) is 6.31. The van der Waals surface area contributed by atoms with Crippen molar-refractivity contribution < 1.29 is 43.6 Å². The Balaban J connectivity index is 2.30. The maximum Gasteiger partial charge on any atom is 0.433 e. The maximum atomic E-state index is 14.7. The maximum absolute atomic E-state index is 14.7. The van der Waals surface area contributed by atoms with Crippen LogP contribution in [0.15, 0.2) is 41.6 Å². The normalized spacial score (nSPS) is 14.0. The van der Waals surface area contributed by atoms with Crippen LogP contribution in [0.4, 0.5) is 26.3 Å². The van der Waals surface area contributed by atoms with E-state index in [9.17, 15) is 34.8 Å². The Bertz CT molecular complexity index is 1330. The molecule has 0 aliphatic rings. The highest BCUT2D eigenvalue weighted by molar-refractivity contribution is 7.90. The monoisotopic (exact) mass is 482 g/mol. The lowest BCUT2D eigenvalue weighted by Crippen LogP contribution is -2.16. The zero-order valence-electron chi connectivity index (χ0n) is 19.0. The lowest BCUT2D eigenvalue weighted by Gasteiger charge is -2.14. The summed E-state index contributed by atoms with van der Waals surface area (Å²) >= 11 is 0. The van der Waals surface area contributed by atoms with E-state index in [1.807, 2.05) is 0 Å². The van der Waals surface area contributed by atoms with Gasteiger partial charge in [-0.15, -0.1) is 0 Å². The average molecular weight is 482 g/mol. The van der Waals surface area contributed by atoms with Crippen molar-refractivity contribution in [3.8, 4) is 17.0 Å². The van der Waals surface area contributed by atoms with Gasteiger partial charge in [-0.05, 0) is 19.1 Å². The minimum atomic E-state index is -4.88. The molecule has 172 valence electrons. The molecule has 0 spiro atoms. The highest BCUT2D eigenvalue weighted by Gasteiger charge is 2.34. The summed E-state index contributed by atoms with van der Waals surface area (Å²) in [5.41, 5.74) is -3.40. The molecule has 0 aliphatic heterocycles. The van der Waals surface area contributed by atoms with Gasteiger partial charge in [0.1, 0.15) is 39.5 Å². The molecule has 6 nitrogen and oxygen atoms in total. The summed E-state index contributed by atoms with van der Waals surface area (Å²) in [5, 5.41) is 2.09. The Morgan fingerprint density at radius 3 is 2.34 bits per heavy atom. The molecule has 1 N–H and O–H groups in total. The van der Waals surface area contributed by atoms with Gasteiger partial charge in [0.25, 0.3) is 10.0 Å². The SMILES string of the molecule is [2H]C([2H])([2H])NCc1cn(S(=O)(=O)c2ccc(C(F)(F)F)nc2)c(-c2c(F)cc(F)cc2F)c1OC. The first kappa shape index (κ1) is 19.6. The van der Waals surface area contributed by atoms with Crippen molar-refractivity contribution in [3.05, 3.63) is 65.4 Å². The molecule has 0 amide bonds. The summed E-state index contributed by atoms with van der Waals surface area (Å²) in [6.45, 7) is -3.26. The number of alkyl halides is 3. The predicted octanol–water partition coefficient (Wildman–Crippen LogP) is 3.95. The molecule has 1 aromatic carbocycles. The lowest BCUT2D eigenvalue weighted by molar-refractivity contribution is -0.141. The molecule has 2 aromatic heterocycles. The van der Waals surface area contributed by atoms with Gasteiger partial charge >= 0.3 is 6.18 Å². The first-order chi connectivity index (χ1) is 16.1. The van der Waals surface area contributed by atoms with E-state index in [4.69, 9.17) is 8.85 Å². The van der Waals surface area contributed by atoms with Crippen molar-refractivity contribution in [2.24, 2.45) is 0 Å². The number of nitrogens with one attached hydrogen (secondary N) is 1. The molecule has 13 heteroatoms. The Kier molecular flexibility index (Phi) is 5.19.